The number of anilines is 1. The van der Waals surface area contributed by atoms with Crippen molar-refractivity contribution < 1.29 is 0 Å². The van der Waals surface area contributed by atoms with Crippen LogP contribution in [0.5, 0.6) is 0 Å². The lowest BCUT2D eigenvalue weighted by Gasteiger charge is -2.27. The average molecular weight is 187 g/mol. The summed E-state index contributed by atoms with van der Waals surface area (Å²) in [5.74, 6) is 0. The molecule has 2 N–H and O–H groups in total. The summed E-state index contributed by atoms with van der Waals surface area (Å²) in [5.41, 5.74) is 9.30. The summed E-state index contributed by atoms with van der Waals surface area (Å²) in [5, 5.41) is 8.60. The van der Waals surface area contributed by atoms with Crippen LogP contribution in [0.15, 0.2) is 18.2 Å². The van der Waals surface area contributed by atoms with Crippen LogP contribution >= 0.6 is 0 Å². The molecule has 0 aliphatic carbocycles. The van der Waals surface area contributed by atoms with Gasteiger partial charge in [-0.05, 0) is 23.6 Å². The van der Waals surface area contributed by atoms with E-state index in [9.17, 15) is 0 Å². The van der Waals surface area contributed by atoms with Gasteiger partial charge < -0.3 is 5.73 Å². The number of rotatable bonds is 1. The van der Waals surface area contributed by atoms with Gasteiger partial charge in [0.05, 0.1) is 12.6 Å². The molecule has 1 aliphatic rings. The van der Waals surface area contributed by atoms with Crippen LogP contribution in [-0.2, 0) is 13.0 Å². The molecule has 2 rings (SSSR count). The van der Waals surface area contributed by atoms with Gasteiger partial charge >= 0.3 is 0 Å². The van der Waals surface area contributed by atoms with E-state index in [4.69, 9.17) is 11.0 Å². The van der Waals surface area contributed by atoms with E-state index in [1.165, 1.54) is 11.1 Å². The van der Waals surface area contributed by atoms with E-state index in [0.717, 1.165) is 25.2 Å². The summed E-state index contributed by atoms with van der Waals surface area (Å²) >= 11 is 0. The van der Waals surface area contributed by atoms with Crippen LogP contribution < -0.4 is 5.73 Å². The van der Waals surface area contributed by atoms with Gasteiger partial charge in [0, 0.05) is 18.8 Å². The minimum absolute atomic E-state index is 0.508. The second-order valence-corrected chi connectivity index (χ2v) is 3.60. The zero-order chi connectivity index (χ0) is 9.97. The third-order valence-electron chi connectivity index (χ3n) is 2.68. The Morgan fingerprint density at radius 2 is 2.36 bits per heavy atom. The van der Waals surface area contributed by atoms with E-state index in [1.807, 2.05) is 12.1 Å². The summed E-state index contributed by atoms with van der Waals surface area (Å²) in [4.78, 5) is 2.14. The van der Waals surface area contributed by atoms with Gasteiger partial charge in [0.1, 0.15) is 0 Å². The zero-order valence-electron chi connectivity index (χ0n) is 8.03. The molecule has 14 heavy (non-hydrogen) atoms. The molecule has 1 aliphatic heterocycles. The molecule has 0 saturated heterocycles. The van der Waals surface area contributed by atoms with Gasteiger partial charge in [-0.1, -0.05) is 12.1 Å². The predicted molar refractivity (Wildman–Crippen MR) is 55.4 cm³/mol. The van der Waals surface area contributed by atoms with E-state index in [0.29, 0.717) is 6.54 Å². The highest BCUT2D eigenvalue weighted by molar-refractivity contribution is 5.51. The molecule has 0 atom stereocenters. The Morgan fingerprint density at radius 1 is 1.50 bits per heavy atom. The van der Waals surface area contributed by atoms with Crippen molar-refractivity contribution in [2.45, 2.75) is 13.0 Å². The van der Waals surface area contributed by atoms with Gasteiger partial charge in [-0.15, -0.1) is 0 Å². The quantitative estimate of drug-likeness (QED) is 0.530. The molecule has 3 nitrogen and oxygen atoms in total. The molecule has 0 unspecified atom stereocenters. The average Bonchev–Trinajstić information content (AvgIpc) is 2.18. The number of nitrogen functional groups attached to an aromatic ring is 1. The van der Waals surface area contributed by atoms with E-state index in [-0.39, 0.29) is 0 Å². The Hall–Kier alpha value is -1.53. The molecule has 3 heteroatoms. The second kappa shape index (κ2) is 3.69. The first-order chi connectivity index (χ1) is 6.81. The highest BCUT2D eigenvalue weighted by Gasteiger charge is 2.16. The Bertz CT molecular complexity index is 379. The van der Waals surface area contributed by atoms with Crippen LogP contribution in [0.4, 0.5) is 5.69 Å². The van der Waals surface area contributed by atoms with Crippen LogP contribution in [0.3, 0.4) is 0 Å². The Labute approximate surface area is 83.7 Å². The van der Waals surface area contributed by atoms with Gasteiger partial charge in [0.25, 0.3) is 0 Å². The van der Waals surface area contributed by atoms with Gasteiger partial charge in [-0.3, -0.25) is 4.90 Å². The molecule has 0 amide bonds. The molecule has 0 radical (unpaired) electrons. The summed E-state index contributed by atoms with van der Waals surface area (Å²) in [6.45, 7) is 2.30. The minimum Gasteiger partial charge on any atom is -0.398 e. The van der Waals surface area contributed by atoms with Gasteiger partial charge in [0.15, 0.2) is 0 Å². The van der Waals surface area contributed by atoms with E-state index in [2.05, 4.69) is 17.0 Å². The molecule has 0 bridgehead atoms. The predicted octanol–water partition coefficient (Wildman–Crippen LogP) is 1.15. The molecule has 72 valence electrons. The molecular weight excluding hydrogens is 174 g/mol. The first-order valence-electron chi connectivity index (χ1n) is 4.77. The Morgan fingerprint density at radius 3 is 3.14 bits per heavy atom. The van der Waals surface area contributed by atoms with Crippen molar-refractivity contribution in [1.82, 2.24) is 4.90 Å². The first kappa shape index (κ1) is 9.04. The number of nitrogens with zero attached hydrogens (tertiary/aromatic N) is 2. The normalized spacial score (nSPS) is 15.9. The largest absolute Gasteiger partial charge is 0.398 e. The zero-order valence-corrected chi connectivity index (χ0v) is 8.03. The van der Waals surface area contributed by atoms with E-state index < -0.39 is 0 Å². The van der Waals surface area contributed by atoms with Crippen LogP contribution in [-0.4, -0.2) is 18.0 Å². The van der Waals surface area contributed by atoms with Gasteiger partial charge in [-0.25, -0.2) is 0 Å². The molecular formula is C11H13N3. The van der Waals surface area contributed by atoms with Crippen molar-refractivity contribution in [3.63, 3.8) is 0 Å². The van der Waals surface area contributed by atoms with Crippen LogP contribution in [0.2, 0.25) is 0 Å². The van der Waals surface area contributed by atoms with Gasteiger partial charge in [0.2, 0.25) is 0 Å². The maximum atomic E-state index is 8.60. The van der Waals surface area contributed by atoms with Crippen molar-refractivity contribution >= 4 is 5.69 Å². The fourth-order valence-electron chi connectivity index (χ4n) is 1.93. The summed E-state index contributed by atoms with van der Waals surface area (Å²) < 4.78 is 0. The van der Waals surface area contributed by atoms with Crippen molar-refractivity contribution in [2.75, 3.05) is 18.8 Å². The van der Waals surface area contributed by atoms with E-state index >= 15 is 0 Å². The fourth-order valence-corrected chi connectivity index (χ4v) is 1.93. The molecule has 0 aromatic heterocycles. The second-order valence-electron chi connectivity index (χ2n) is 3.60. The maximum absolute atomic E-state index is 8.60. The van der Waals surface area contributed by atoms with Crippen molar-refractivity contribution in [3.05, 3.63) is 29.3 Å². The maximum Gasteiger partial charge on any atom is 0.0868 e. The van der Waals surface area contributed by atoms with Crippen molar-refractivity contribution in [2.24, 2.45) is 0 Å². The number of benzene rings is 1. The first-order valence-corrected chi connectivity index (χ1v) is 4.77. The van der Waals surface area contributed by atoms with Crippen molar-refractivity contribution in [3.8, 4) is 6.07 Å². The standard InChI is InChI=1S/C11H13N3/c12-5-7-14-6-4-10-9(8-14)2-1-3-11(10)13/h1-3H,4,6-8,13H2. The smallest absolute Gasteiger partial charge is 0.0868 e. The lowest BCUT2D eigenvalue weighted by molar-refractivity contribution is 0.285. The third-order valence-corrected chi connectivity index (χ3v) is 2.68. The SMILES string of the molecule is N#CCN1CCc2c(N)cccc2C1. The Kier molecular flexibility index (Phi) is 2.38. The lowest BCUT2D eigenvalue weighted by atomic mass is 9.98. The number of fused-ring (bicyclic) bond motifs is 1. The van der Waals surface area contributed by atoms with Crippen LogP contribution in [0, 0.1) is 11.3 Å². The number of hydrogen-bond acceptors (Lipinski definition) is 3. The number of nitriles is 1. The summed E-state index contributed by atoms with van der Waals surface area (Å²) in [6.07, 6.45) is 0.962. The topological polar surface area (TPSA) is 53.0 Å². The van der Waals surface area contributed by atoms with E-state index in [1.54, 1.807) is 0 Å². The highest BCUT2D eigenvalue weighted by Crippen LogP contribution is 2.23. The summed E-state index contributed by atoms with van der Waals surface area (Å²) in [7, 11) is 0. The lowest BCUT2D eigenvalue weighted by Crippen LogP contribution is -2.31. The fraction of sp³-hybridized carbons (Fsp3) is 0.364. The summed E-state index contributed by atoms with van der Waals surface area (Å²) in [6, 6.07) is 8.19. The number of nitrogens with two attached hydrogens (primary N) is 1. The Balaban J connectivity index is 2.24. The molecule has 1 aromatic carbocycles. The molecule has 0 spiro atoms. The number of hydrogen-bond donors (Lipinski definition) is 1. The molecule has 0 saturated carbocycles. The monoisotopic (exact) mass is 187 g/mol. The highest BCUT2D eigenvalue weighted by atomic mass is 15.1. The third kappa shape index (κ3) is 1.57. The van der Waals surface area contributed by atoms with Crippen LogP contribution in [0.1, 0.15) is 11.1 Å². The molecule has 0 fully saturated rings. The van der Waals surface area contributed by atoms with Gasteiger partial charge in [-0.2, -0.15) is 5.26 Å². The van der Waals surface area contributed by atoms with Crippen LogP contribution in [0.25, 0.3) is 0 Å². The molecule has 1 aromatic rings. The van der Waals surface area contributed by atoms with Crippen molar-refractivity contribution in [1.29, 1.82) is 5.26 Å². The minimum atomic E-state index is 0.508. The molecule has 1 heterocycles.